The van der Waals surface area contributed by atoms with Crippen molar-refractivity contribution in [1.82, 2.24) is 9.97 Å². The molecule has 0 spiro atoms. The third-order valence-electron chi connectivity index (χ3n) is 5.27. The third kappa shape index (κ3) is 4.28. The summed E-state index contributed by atoms with van der Waals surface area (Å²) in [5, 5.41) is 4.68. The fourth-order valence-electron chi connectivity index (χ4n) is 3.72. The number of para-hydroxylation sites is 3. The number of fused-ring (bicyclic) bond motifs is 1. The number of amides is 1. The van der Waals surface area contributed by atoms with E-state index in [0.29, 0.717) is 22.1 Å². The molecule has 0 aliphatic carbocycles. The summed E-state index contributed by atoms with van der Waals surface area (Å²) in [7, 11) is 0. The molecule has 162 valence electrons. The number of carbonyl (C=O) groups excluding carboxylic acids is 1. The van der Waals surface area contributed by atoms with E-state index in [-0.39, 0.29) is 5.91 Å². The summed E-state index contributed by atoms with van der Waals surface area (Å²) >= 11 is 2.91. The van der Waals surface area contributed by atoms with Crippen molar-refractivity contribution in [2.24, 2.45) is 0 Å². The number of benzene rings is 2. The Bertz CT molecular complexity index is 1250. The first-order valence-corrected chi connectivity index (χ1v) is 12.5. The number of aromatic nitrogens is 2. The predicted octanol–water partition coefficient (Wildman–Crippen LogP) is 6.06. The largest absolute Gasteiger partial charge is 0.455 e. The average molecular weight is 463 g/mol. The second-order valence-electron chi connectivity index (χ2n) is 7.42. The van der Waals surface area contributed by atoms with Crippen LogP contribution in [0.2, 0.25) is 0 Å². The van der Waals surface area contributed by atoms with E-state index in [9.17, 15) is 4.79 Å². The summed E-state index contributed by atoms with van der Waals surface area (Å²) in [5.74, 6) is 2.05. The molecule has 1 N–H and O–H groups in total. The zero-order chi connectivity index (χ0) is 21.9. The van der Waals surface area contributed by atoms with Crippen LogP contribution in [-0.4, -0.2) is 35.2 Å². The summed E-state index contributed by atoms with van der Waals surface area (Å²) in [6.45, 7) is 1.98. The SMILES string of the molecule is CSc1nc(N2CCCC2)c2cc(C(=O)Nc3ccccc3Oc3ccccc3)sc2n1. The topological polar surface area (TPSA) is 67.4 Å². The Kier molecular flexibility index (Phi) is 5.96. The Morgan fingerprint density at radius 2 is 1.81 bits per heavy atom. The smallest absolute Gasteiger partial charge is 0.265 e. The number of nitrogens with one attached hydrogen (secondary N) is 1. The van der Waals surface area contributed by atoms with Crippen LogP contribution in [0.4, 0.5) is 11.5 Å². The van der Waals surface area contributed by atoms with Crippen LogP contribution in [0.3, 0.4) is 0 Å². The van der Waals surface area contributed by atoms with Crippen LogP contribution in [0.15, 0.2) is 65.8 Å². The van der Waals surface area contributed by atoms with Gasteiger partial charge in [-0.1, -0.05) is 42.1 Å². The van der Waals surface area contributed by atoms with E-state index in [1.54, 1.807) is 0 Å². The highest BCUT2D eigenvalue weighted by Gasteiger charge is 2.22. The van der Waals surface area contributed by atoms with Crippen molar-refractivity contribution < 1.29 is 9.53 Å². The molecule has 0 radical (unpaired) electrons. The van der Waals surface area contributed by atoms with Crippen LogP contribution < -0.4 is 15.0 Å². The number of hydrogen-bond donors (Lipinski definition) is 1. The van der Waals surface area contributed by atoms with Crippen LogP contribution in [-0.2, 0) is 0 Å². The van der Waals surface area contributed by atoms with Gasteiger partial charge in [-0.25, -0.2) is 9.97 Å². The van der Waals surface area contributed by atoms with Gasteiger partial charge in [0.1, 0.15) is 16.4 Å². The van der Waals surface area contributed by atoms with Gasteiger partial charge in [0, 0.05) is 13.1 Å². The molecule has 8 heteroatoms. The van der Waals surface area contributed by atoms with E-state index in [1.807, 2.05) is 66.9 Å². The first kappa shape index (κ1) is 20.8. The number of thioether (sulfide) groups is 1. The van der Waals surface area contributed by atoms with Crippen molar-refractivity contribution in [3.05, 3.63) is 65.5 Å². The van der Waals surface area contributed by atoms with E-state index >= 15 is 0 Å². The van der Waals surface area contributed by atoms with Crippen LogP contribution in [0.5, 0.6) is 11.5 Å². The minimum absolute atomic E-state index is 0.185. The van der Waals surface area contributed by atoms with Crippen molar-refractivity contribution in [1.29, 1.82) is 0 Å². The summed E-state index contributed by atoms with van der Waals surface area (Å²) in [5.41, 5.74) is 0.620. The Morgan fingerprint density at radius 1 is 1.06 bits per heavy atom. The average Bonchev–Trinajstić information content (AvgIpc) is 3.50. The lowest BCUT2D eigenvalue weighted by Crippen LogP contribution is -2.19. The number of ether oxygens (including phenoxy) is 1. The molecule has 1 fully saturated rings. The highest BCUT2D eigenvalue weighted by molar-refractivity contribution is 7.98. The molecule has 1 saturated heterocycles. The first-order valence-electron chi connectivity index (χ1n) is 10.4. The molecule has 1 amide bonds. The lowest BCUT2D eigenvalue weighted by molar-refractivity contribution is 0.103. The maximum Gasteiger partial charge on any atom is 0.265 e. The van der Waals surface area contributed by atoms with Crippen molar-refractivity contribution in [2.45, 2.75) is 18.0 Å². The van der Waals surface area contributed by atoms with Gasteiger partial charge in [-0.3, -0.25) is 4.79 Å². The highest BCUT2D eigenvalue weighted by atomic mass is 32.2. The quantitative estimate of drug-likeness (QED) is 0.278. The fraction of sp³-hybridized carbons (Fsp3) is 0.208. The highest BCUT2D eigenvalue weighted by Crippen LogP contribution is 2.35. The van der Waals surface area contributed by atoms with Gasteiger partial charge in [-0.2, -0.15) is 0 Å². The maximum absolute atomic E-state index is 13.2. The molecule has 2 aromatic heterocycles. The molecule has 0 bridgehead atoms. The molecule has 32 heavy (non-hydrogen) atoms. The Balaban J connectivity index is 1.44. The predicted molar refractivity (Wildman–Crippen MR) is 132 cm³/mol. The van der Waals surface area contributed by atoms with Gasteiger partial charge in [0.15, 0.2) is 10.9 Å². The monoisotopic (exact) mass is 462 g/mol. The van der Waals surface area contributed by atoms with E-state index in [4.69, 9.17) is 9.72 Å². The molecule has 1 aliphatic heterocycles. The Hall–Kier alpha value is -3.10. The summed E-state index contributed by atoms with van der Waals surface area (Å²) in [6, 6.07) is 18.9. The number of hydrogen-bond acceptors (Lipinski definition) is 7. The molecular formula is C24H22N4O2S2. The van der Waals surface area contributed by atoms with Crippen LogP contribution >= 0.6 is 23.1 Å². The molecular weight excluding hydrogens is 440 g/mol. The lowest BCUT2D eigenvalue weighted by Gasteiger charge is -2.17. The number of thiophene rings is 1. The molecule has 1 aliphatic rings. The van der Waals surface area contributed by atoms with E-state index in [1.165, 1.54) is 23.1 Å². The van der Waals surface area contributed by atoms with Gasteiger partial charge >= 0.3 is 0 Å². The fourth-order valence-corrected chi connectivity index (χ4v) is 5.06. The van der Waals surface area contributed by atoms with Crippen molar-refractivity contribution in [3.8, 4) is 11.5 Å². The van der Waals surface area contributed by atoms with Crippen molar-refractivity contribution >= 4 is 50.7 Å². The molecule has 4 aromatic rings. The summed E-state index contributed by atoms with van der Waals surface area (Å²) in [6.07, 6.45) is 4.30. The standard InChI is InChI=1S/C24H22N4O2S2/c1-31-24-26-21(28-13-7-8-14-28)17-15-20(32-23(17)27-24)22(29)25-18-11-5-6-12-19(18)30-16-9-3-2-4-10-16/h2-6,9-12,15H,7-8,13-14H2,1H3,(H,25,29). The van der Waals surface area contributed by atoms with Crippen molar-refractivity contribution in [3.63, 3.8) is 0 Å². The Morgan fingerprint density at radius 3 is 2.59 bits per heavy atom. The third-order valence-corrected chi connectivity index (χ3v) is 6.85. The van der Waals surface area contributed by atoms with Gasteiger partial charge in [0.2, 0.25) is 0 Å². The van der Waals surface area contributed by atoms with Crippen LogP contribution in [0.1, 0.15) is 22.5 Å². The van der Waals surface area contributed by atoms with E-state index in [0.717, 1.165) is 47.1 Å². The molecule has 0 unspecified atom stereocenters. The minimum atomic E-state index is -0.185. The minimum Gasteiger partial charge on any atom is -0.455 e. The van der Waals surface area contributed by atoms with Gasteiger partial charge in [0.25, 0.3) is 5.91 Å². The van der Waals surface area contributed by atoms with Gasteiger partial charge in [0.05, 0.1) is 16.0 Å². The maximum atomic E-state index is 13.2. The van der Waals surface area contributed by atoms with Crippen LogP contribution in [0, 0.1) is 0 Å². The first-order chi connectivity index (χ1) is 15.7. The number of carbonyl (C=O) groups is 1. The van der Waals surface area contributed by atoms with Gasteiger partial charge in [-0.15, -0.1) is 11.3 Å². The summed E-state index contributed by atoms with van der Waals surface area (Å²) < 4.78 is 5.98. The number of nitrogens with zero attached hydrogens (tertiary/aromatic N) is 3. The second kappa shape index (κ2) is 9.18. The van der Waals surface area contributed by atoms with Gasteiger partial charge in [-0.05, 0) is 49.4 Å². The van der Waals surface area contributed by atoms with E-state index < -0.39 is 0 Å². The second-order valence-corrected chi connectivity index (χ2v) is 9.23. The molecule has 2 aromatic carbocycles. The summed E-state index contributed by atoms with van der Waals surface area (Å²) in [4.78, 5) is 26.3. The van der Waals surface area contributed by atoms with Crippen LogP contribution in [0.25, 0.3) is 10.2 Å². The molecule has 6 nitrogen and oxygen atoms in total. The zero-order valence-electron chi connectivity index (χ0n) is 17.6. The normalized spacial score (nSPS) is 13.5. The molecule has 0 atom stereocenters. The molecule has 3 heterocycles. The lowest BCUT2D eigenvalue weighted by atomic mass is 10.2. The van der Waals surface area contributed by atoms with E-state index in [2.05, 4.69) is 15.2 Å². The number of anilines is 2. The van der Waals surface area contributed by atoms with Gasteiger partial charge < -0.3 is 15.0 Å². The Labute approximate surface area is 194 Å². The molecule has 0 saturated carbocycles. The number of rotatable bonds is 6. The molecule has 5 rings (SSSR count). The van der Waals surface area contributed by atoms with Crippen molar-refractivity contribution in [2.75, 3.05) is 29.6 Å². The zero-order valence-corrected chi connectivity index (χ0v) is 19.2.